The van der Waals surface area contributed by atoms with E-state index in [2.05, 4.69) is 29.6 Å². The van der Waals surface area contributed by atoms with Crippen LogP contribution in [-0.4, -0.2) is 11.9 Å². The molecular weight excluding hydrogens is 413 g/mol. The zero-order valence-electron chi connectivity index (χ0n) is 17.9. The van der Waals surface area contributed by atoms with Gasteiger partial charge in [-0.2, -0.15) is 0 Å². The first kappa shape index (κ1) is 20.9. The summed E-state index contributed by atoms with van der Waals surface area (Å²) in [4.78, 5) is 11.9. The van der Waals surface area contributed by atoms with Crippen molar-refractivity contribution in [2.24, 2.45) is 5.92 Å². The highest BCUT2D eigenvalue weighted by atomic mass is 31.2. The second kappa shape index (κ2) is 8.52. The largest absolute Gasteiger partial charge is 0.341 e. The Morgan fingerprint density at radius 3 is 2.34 bits per heavy atom. The topological polar surface area (TPSA) is 49.3 Å². The molecule has 4 aromatic rings. The van der Waals surface area contributed by atoms with E-state index in [1.807, 2.05) is 92.0 Å². The van der Waals surface area contributed by atoms with Crippen LogP contribution < -0.4 is 10.6 Å². The normalized spacial score (nSPS) is 20.4. The maximum Gasteiger partial charge on any atom is 0.238 e. The van der Waals surface area contributed by atoms with Crippen molar-refractivity contribution < 1.29 is 9.46 Å². The monoisotopic (exact) mass is 439 g/mol. The third-order valence-electron chi connectivity index (χ3n) is 6.52. The van der Waals surface area contributed by atoms with Crippen LogP contribution in [0.4, 0.5) is 0 Å². The molecule has 0 aromatic heterocycles. The number of hydrogen-bond acceptors (Lipinski definition) is 2. The minimum atomic E-state index is -3.83. The smallest absolute Gasteiger partial charge is 0.238 e. The second-order valence-corrected chi connectivity index (χ2v) is 10.6. The minimum absolute atomic E-state index is 0.0961. The van der Waals surface area contributed by atoms with Gasteiger partial charge < -0.3 is 10.2 Å². The average molecular weight is 439 g/mol. The summed E-state index contributed by atoms with van der Waals surface area (Å²) in [6.45, 7) is 0. The Labute approximate surface area is 188 Å². The van der Waals surface area contributed by atoms with E-state index in [9.17, 15) is 9.46 Å². The first-order valence-electron chi connectivity index (χ1n) is 10.9. The molecule has 0 saturated carbocycles. The number of benzene rings is 4. The summed E-state index contributed by atoms with van der Waals surface area (Å²) in [6, 6.07) is 31.6. The van der Waals surface area contributed by atoms with Gasteiger partial charge in [-0.25, -0.2) is 0 Å². The molecule has 160 valence electrons. The standard InChI is InChI=1S/C28H26NO2P/c1-29-27(22-12-3-2-4-13-22)25-19-18-21-11-6-8-16-24(21)28(25)32(30,31)26-17-9-14-20-10-5-7-15-23(20)26/h2-19,25,27-29H,1H3,(H,30,31)/t25-,27+,28+/m0/s1. The van der Waals surface area contributed by atoms with Crippen LogP contribution in [0.3, 0.4) is 0 Å². The summed E-state index contributed by atoms with van der Waals surface area (Å²) in [5, 5.41) is 5.77. The lowest BCUT2D eigenvalue weighted by Crippen LogP contribution is -2.32. The highest BCUT2D eigenvalue weighted by molar-refractivity contribution is 7.67. The molecular formula is C28H26NO2P. The van der Waals surface area contributed by atoms with Gasteiger partial charge in [0.15, 0.2) is 0 Å². The molecule has 4 heteroatoms. The van der Waals surface area contributed by atoms with Gasteiger partial charge in [0.05, 0.1) is 5.66 Å². The summed E-state index contributed by atoms with van der Waals surface area (Å²) in [6.07, 6.45) is 4.20. The molecule has 0 saturated heterocycles. The Bertz CT molecular complexity index is 1330. The van der Waals surface area contributed by atoms with Crippen LogP contribution in [0.2, 0.25) is 0 Å². The average Bonchev–Trinajstić information content (AvgIpc) is 2.84. The lowest BCUT2D eigenvalue weighted by Gasteiger charge is -2.38. The van der Waals surface area contributed by atoms with Gasteiger partial charge in [-0.3, -0.25) is 4.57 Å². The summed E-state index contributed by atoms with van der Waals surface area (Å²) in [7, 11) is -1.91. The van der Waals surface area contributed by atoms with Crippen LogP contribution in [0, 0.1) is 5.92 Å². The van der Waals surface area contributed by atoms with Crippen LogP contribution in [0.1, 0.15) is 28.4 Å². The Balaban J connectivity index is 1.72. The fourth-order valence-electron chi connectivity index (χ4n) is 5.05. The van der Waals surface area contributed by atoms with Crippen molar-refractivity contribution in [3.63, 3.8) is 0 Å². The molecule has 32 heavy (non-hydrogen) atoms. The molecule has 1 aliphatic carbocycles. The van der Waals surface area contributed by atoms with Crippen LogP contribution in [0.5, 0.6) is 0 Å². The van der Waals surface area contributed by atoms with E-state index in [0.717, 1.165) is 27.5 Å². The van der Waals surface area contributed by atoms with Gasteiger partial charge in [-0.1, -0.05) is 103 Å². The van der Waals surface area contributed by atoms with Gasteiger partial charge in [-0.05, 0) is 40.6 Å². The Hall–Kier alpha value is -2.97. The number of fused-ring (bicyclic) bond motifs is 2. The van der Waals surface area contributed by atoms with Gasteiger partial charge in [0.2, 0.25) is 7.37 Å². The first-order chi connectivity index (χ1) is 15.6. The van der Waals surface area contributed by atoms with E-state index in [-0.39, 0.29) is 12.0 Å². The maximum absolute atomic E-state index is 14.5. The Kier molecular flexibility index (Phi) is 5.57. The highest BCUT2D eigenvalue weighted by Crippen LogP contribution is 2.63. The Morgan fingerprint density at radius 2 is 1.53 bits per heavy atom. The molecule has 2 N–H and O–H groups in total. The zero-order chi connectivity index (χ0) is 22.1. The fraction of sp³-hybridized carbons (Fsp3) is 0.143. The molecule has 4 aromatic carbocycles. The molecule has 0 aliphatic heterocycles. The Morgan fingerprint density at radius 1 is 0.844 bits per heavy atom. The van der Waals surface area contributed by atoms with Crippen LogP contribution in [0.15, 0.2) is 103 Å². The number of rotatable bonds is 5. The number of nitrogens with one attached hydrogen (secondary N) is 1. The van der Waals surface area contributed by atoms with Crippen LogP contribution in [0.25, 0.3) is 16.8 Å². The van der Waals surface area contributed by atoms with Crippen molar-refractivity contribution in [3.8, 4) is 0 Å². The molecule has 1 unspecified atom stereocenters. The van der Waals surface area contributed by atoms with Crippen molar-refractivity contribution in [1.82, 2.24) is 5.32 Å². The van der Waals surface area contributed by atoms with Gasteiger partial charge in [0.1, 0.15) is 0 Å². The van der Waals surface area contributed by atoms with Crippen molar-refractivity contribution in [1.29, 1.82) is 0 Å². The predicted octanol–water partition coefficient (Wildman–Crippen LogP) is 6.08. The van der Waals surface area contributed by atoms with E-state index in [0.29, 0.717) is 5.30 Å². The molecule has 1 aliphatic rings. The van der Waals surface area contributed by atoms with Gasteiger partial charge >= 0.3 is 0 Å². The predicted molar refractivity (Wildman–Crippen MR) is 133 cm³/mol. The second-order valence-electron chi connectivity index (χ2n) is 8.31. The quantitative estimate of drug-likeness (QED) is 0.371. The highest BCUT2D eigenvalue weighted by Gasteiger charge is 2.45. The van der Waals surface area contributed by atoms with Crippen molar-refractivity contribution in [3.05, 3.63) is 120 Å². The summed E-state index contributed by atoms with van der Waals surface area (Å²) < 4.78 is 14.5. The molecule has 0 heterocycles. The lowest BCUT2D eigenvalue weighted by molar-refractivity contribution is 0.398. The third-order valence-corrected chi connectivity index (χ3v) is 8.98. The van der Waals surface area contributed by atoms with Gasteiger partial charge in [0, 0.05) is 17.3 Å². The maximum atomic E-state index is 14.5. The summed E-state index contributed by atoms with van der Waals surface area (Å²) >= 11 is 0. The van der Waals surface area contributed by atoms with E-state index in [1.165, 1.54) is 0 Å². The number of hydrogen-bond donors (Lipinski definition) is 2. The zero-order valence-corrected chi connectivity index (χ0v) is 18.8. The molecule has 5 rings (SSSR count). The molecule has 3 nitrogen and oxygen atoms in total. The van der Waals surface area contributed by atoms with E-state index < -0.39 is 13.0 Å². The van der Waals surface area contributed by atoms with Crippen molar-refractivity contribution in [2.75, 3.05) is 7.05 Å². The summed E-state index contributed by atoms with van der Waals surface area (Å²) in [5.74, 6) is -0.188. The lowest BCUT2D eigenvalue weighted by atomic mass is 9.82. The summed E-state index contributed by atoms with van der Waals surface area (Å²) in [5.41, 5.74) is 2.47. The minimum Gasteiger partial charge on any atom is -0.341 e. The molecule has 0 spiro atoms. The van der Waals surface area contributed by atoms with E-state index in [1.54, 1.807) is 0 Å². The fourth-order valence-corrected chi connectivity index (χ4v) is 7.55. The SMILES string of the molecule is CN[C@H](c1ccccc1)[C@@H]1C=Cc2ccccc2[C@H]1P(=O)(O)c1cccc2ccccc12. The van der Waals surface area contributed by atoms with Gasteiger partial charge in [-0.15, -0.1) is 0 Å². The molecule has 0 amide bonds. The van der Waals surface area contributed by atoms with Gasteiger partial charge in [0.25, 0.3) is 0 Å². The molecule has 0 fully saturated rings. The van der Waals surface area contributed by atoms with Crippen LogP contribution in [-0.2, 0) is 4.57 Å². The molecule has 4 atom stereocenters. The van der Waals surface area contributed by atoms with E-state index in [4.69, 9.17) is 0 Å². The van der Waals surface area contributed by atoms with E-state index >= 15 is 0 Å². The van der Waals surface area contributed by atoms with Crippen molar-refractivity contribution >= 4 is 29.5 Å². The van der Waals surface area contributed by atoms with Crippen LogP contribution >= 0.6 is 7.37 Å². The van der Waals surface area contributed by atoms with Crippen molar-refractivity contribution in [2.45, 2.75) is 11.7 Å². The third kappa shape index (κ3) is 3.53. The first-order valence-corrected chi connectivity index (χ1v) is 12.6. The molecule has 0 bridgehead atoms. The molecule has 0 radical (unpaired) electrons.